The van der Waals surface area contributed by atoms with E-state index in [1.807, 2.05) is 0 Å². The van der Waals surface area contributed by atoms with Crippen LogP contribution in [0, 0.1) is 29.8 Å². The van der Waals surface area contributed by atoms with Crippen molar-refractivity contribution in [1.82, 2.24) is 0 Å². The van der Waals surface area contributed by atoms with Crippen LogP contribution in [-0.4, -0.2) is 13.3 Å². The molecule has 2 aromatic carbocycles. The summed E-state index contributed by atoms with van der Waals surface area (Å²) in [6.07, 6.45) is 0. The van der Waals surface area contributed by atoms with E-state index in [0.29, 0.717) is 11.1 Å². The van der Waals surface area contributed by atoms with Gasteiger partial charge in [-0.05, 0) is 37.6 Å². The Bertz CT molecular complexity index is 900. The van der Waals surface area contributed by atoms with Gasteiger partial charge in [0.1, 0.15) is 10.7 Å². The van der Waals surface area contributed by atoms with Crippen molar-refractivity contribution >= 4 is 33.0 Å². The predicted octanol–water partition coefficient (Wildman–Crippen LogP) is 3.80. The molecule has 0 spiro atoms. The van der Waals surface area contributed by atoms with E-state index in [4.69, 9.17) is 11.6 Å². The van der Waals surface area contributed by atoms with Crippen LogP contribution >= 0.6 is 11.6 Å². The largest absolute Gasteiger partial charge is 0.279 e. The maximum Gasteiger partial charge on any atom is 0.273 e. The van der Waals surface area contributed by atoms with E-state index in [1.165, 1.54) is 19.1 Å². The first kappa shape index (κ1) is 17.2. The Kier molecular flexibility index (Phi) is 4.58. The number of nitro groups is 1. The minimum Gasteiger partial charge on any atom is -0.279 e. The van der Waals surface area contributed by atoms with Gasteiger partial charge >= 0.3 is 0 Å². The lowest BCUT2D eigenvalue weighted by Crippen LogP contribution is -2.15. The Morgan fingerprint density at radius 1 is 1.17 bits per heavy atom. The van der Waals surface area contributed by atoms with Crippen molar-refractivity contribution in [2.75, 3.05) is 4.72 Å². The summed E-state index contributed by atoms with van der Waals surface area (Å²) >= 11 is 5.91. The zero-order valence-corrected chi connectivity index (χ0v) is 13.7. The van der Waals surface area contributed by atoms with Crippen LogP contribution in [0.15, 0.2) is 35.2 Å². The Labute approximate surface area is 137 Å². The molecule has 6 nitrogen and oxygen atoms in total. The summed E-state index contributed by atoms with van der Waals surface area (Å²) in [5.41, 5.74) is 0.425. The van der Waals surface area contributed by atoms with Crippen LogP contribution in [0.1, 0.15) is 11.1 Å². The summed E-state index contributed by atoms with van der Waals surface area (Å²) < 4.78 is 40.7. The van der Waals surface area contributed by atoms with Crippen molar-refractivity contribution in [1.29, 1.82) is 0 Å². The number of halogens is 2. The maximum absolute atomic E-state index is 14.0. The third-order valence-corrected chi connectivity index (χ3v) is 4.96. The van der Waals surface area contributed by atoms with Crippen molar-refractivity contribution < 1.29 is 17.7 Å². The van der Waals surface area contributed by atoms with E-state index >= 15 is 0 Å². The van der Waals surface area contributed by atoms with Gasteiger partial charge in [0.15, 0.2) is 0 Å². The van der Waals surface area contributed by atoms with Gasteiger partial charge in [0.2, 0.25) is 0 Å². The molecule has 0 aliphatic carbocycles. The molecule has 2 rings (SSSR count). The molecule has 0 amide bonds. The molecule has 0 heterocycles. The van der Waals surface area contributed by atoms with Crippen LogP contribution < -0.4 is 4.72 Å². The molecule has 0 aliphatic rings. The fraction of sp³-hybridized carbons (Fsp3) is 0.143. The standard InChI is InChI=1S/C14H12ClFN2O4S/c1-8-3-4-10(6-11(8)15)17-23(21,22)14-7-13(18(19)20)9(2)5-12(14)16/h3-7,17H,1-2H3. The van der Waals surface area contributed by atoms with Crippen molar-refractivity contribution in [3.05, 3.63) is 62.4 Å². The molecule has 0 radical (unpaired) electrons. The Balaban J connectivity index is 2.49. The highest BCUT2D eigenvalue weighted by Gasteiger charge is 2.25. The number of nitrogens with one attached hydrogen (secondary N) is 1. The number of benzene rings is 2. The average Bonchev–Trinajstić information content (AvgIpc) is 2.41. The summed E-state index contributed by atoms with van der Waals surface area (Å²) in [7, 11) is -4.33. The number of aryl methyl sites for hydroxylation is 2. The Morgan fingerprint density at radius 2 is 1.83 bits per heavy atom. The maximum atomic E-state index is 14.0. The van der Waals surface area contributed by atoms with Gasteiger partial charge in [-0.25, -0.2) is 12.8 Å². The third-order valence-electron chi connectivity index (χ3n) is 3.16. The molecular formula is C14H12ClFN2O4S. The van der Waals surface area contributed by atoms with Gasteiger partial charge in [0, 0.05) is 16.7 Å². The van der Waals surface area contributed by atoms with Crippen molar-refractivity contribution in [3.63, 3.8) is 0 Å². The average molecular weight is 359 g/mol. The minimum atomic E-state index is -4.33. The van der Waals surface area contributed by atoms with Gasteiger partial charge in [0.05, 0.1) is 10.6 Å². The molecule has 122 valence electrons. The van der Waals surface area contributed by atoms with E-state index < -0.39 is 31.3 Å². The number of nitro benzene ring substituents is 1. The quantitative estimate of drug-likeness (QED) is 0.664. The van der Waals surface area contributed by atoms with Crippen LogP contribution in [0.2, 0.25) is 5.02 Å². The highest BCUT2D eigenvalue weighted by Crippen LogP contribution is 2.28. The van der Waals surface area contributed by atoms with Crippen LogP contribution in [0.25, 0.3) is 0 Å². The normalized spacial score (nSPS) is 11.3. The molecule has 0 saturated carbocycles. The molecule has 23 heavy (non-hydrogen) atoms. The second-order valence-corrected chi connectivity index (χ2v) is 6.95. The second-order valence-electron chi connectivity index (χ2n) is 4.90. The highest BCUT2D eigenvalue weighted by molar-refractivity contribution is 7.92. The summed E-state index contributed by atoms with van der Waals surface area (Å²) in [4.78, 5) is 9.34. The highest BCUT2D eigenvalue weighted by atomic mass is 35.5. The Morgan fingerprint density at radius 3 is 2.39 bits per heavy atom. The van der Waals surface area contributed by atoms with Gasteiger partial charge in [-0.3, -0.25) is 14.8 Å². The molecule has 0 aromatic heterocycles. The van der Waals surface area contributed by atoms with E-state index in [1.54, 1.807) is 13.0 Å². The first-order chi connectivity index (χ1) is 10.6. The number of sulfonamides is 1. The number of hydrogen-bond acceptors (Lipinski definition) is 4. The molecular weight excluding hydrogens is 347 g/mol. The van der Waals surface area contributed by atoms with E-state index in [-0.39, 0.29) is 11.3 Å². The van der Waals surface area contributed by atoms with Gasteiger partial charge < -0.3 is 0 Å². The third kappa shape index (κ3) is 3.59. The predicted molar refractivity (Wildman–Crippen MR) is 84.8 cm³/mol. The summed E-state index contributed by atoms with van der Waals surface area (Å²) in [5.74, 6) is -1.07. The lowest BCUT2D eigenvalue weighted by molar-refractivity contribution is -0.385. The molecule has 0 aliphatic heterocycles. The fourth-order valence-electron chi connectivity index (χ4n) is 1.91. The molecule has 0 bridgehead atoms. The van der Waals surface area contributed by atoms with Crippen LogP contribution in [0.3, 0.4) is 0 Å². The number of nitrogens with zero attached hydrogens (tertiary/aromatic N) is 1. The second kappa shape index (κ2) is 6.13. The molecule has 9 heteroatoms. The molecule has 0 atom stereocenters. The monoisotopic (exact) mass is 358 g/mol. The summed E-state index contributed by atoms with van der Waals surface area (Å²) in [6, 6.07) is 5.93. The van der Waals surface area contributed by atoms with Crippen LogP contribution in [0.4, 0.5) is 15.8 Å². The van der Waals surface area contributed by atoms with Crippen LogP contribution in [-0.2, 0) is 10.0 Å². The van der Waals surface area contributed by atoms with E-state index in [9.17, 15) is 22.9 Å². The summed E-state index contributed by atoms with van der Waals surface area (Å²) in [5, 5.41) is 11.2. The van der Waals surface area contributed by atoms with Crippen molar-refractivity contribution in [2.45, 2.75) is 18.7 Å². The Hall–Kier alpha value is -2.19. The fourth-order valence-corrected chi connectivity index (χ4v) is 3.22. The zero-order chi connectivity index (χ0) is 17.4. The number of hydrogen-bond donors (Lipinski definition) is 1. The first-order valence-corrected chi connectivity index (χ1v) is 8.21. The molecule has 1 N–H and O–H groups in total. The van der Waals surface area contributed by atoms with E-state index in [2.05, 4.69) is 4.72 Å². The lowest BCUT2D eigenvalue weighted by Gasteiger charge is -2.10. The molecule has 0 fully saturated rings. The van der Waals surface area contributed by atoms with Crippen LogP contribution in [0.5, 0.6) is 0 Å². The van der Waals surface area contributed by atoms with Crippen molar-refractivity contribution in [2.24, 2.45) is 0 Å². The SMILES string of the molecule is Cc1ccc(NS(=O)(=O)c2cc([N+](=O)[O-])c(C)cc2F)cc1Cl. The smallest absolute Gasteiger partial charge is 0.273 e. The van der Waals surface area contributed by atoms with Gasteiger partial charge in [0.25, 0.3) is 15.7 Å². The first-order valence-electron chi connectivity index (χ1n) is 6.35. The topological polar surface area (TPSA) is 89.3 Å². The number of rotatable bonds is 4. The lowest BCUT2D eigenvalue weighted by atomic mass is 10.2. The van der Waals surface area contributed by atoms with Gasteiger partial charge in [-0.1, -0.05) is 17.7 Å². The molecule has 2 aromatic rings. The number of anilines is 1. The summed E-state index contributed by atoms with van der Waals surface area (Å²) in [6.45, 7) is 3.06. The van der Waals surface area contributed by atoms with Crippen molar-refractivity contribution in [3.8, 4) is 0 Å². The zero-order valence-electron chi connectivity index (χ0n) is 12.1. The van der Waals surface area contributed by atoms with Gasteiger partial charge in [-0.2, -0.15) is 0 Å². The molecule has 0 unspecified atom stereocenters. The van der Waals surface area contributed by atoms with Gasteiger partial charge in [-0.15, -0.1) is 0 Å². The van der Waals surface area contributed by atoms with E-state index in [0.717, 1.165) is 11.6 Å². The molecule has 0 saturated heterocycles. The minimum absolute atomic E-state index is 0.0323.